The molecule has 2 aromatic heterocycles. The van der Waals surface area contributed by atoms with Gasteiger partial charge in [0, 0.05) is 29.1 Å². The first-order valence-corrected chi connectivity index (χ1v) is 7.58. The van der Waals surface area contributed by atoms with E-state index in [9.17, 15) is 9.90 Å². The van der Waals surface area contributed by atoms with Crippen molar-refractivity contribution in [3.63, 3.8) is 0 Å². The zero-order chi connectivity index (χ0) is 17.1. The highest BCUT2D eigenvalue weighted by atomic mass is 16.5. The summed E-state index contributed by atoms with van der Waals surface area (Å²) < 4.78 is 6.63. The Balaban J connectivity index is 1.98. The summed E-state index contributed by atoms with van der Waals surface area (Å²) in [5.41, 5.74) is 2.92. The van der Waals surface area contributed by atoms with Gasteiger partial charge in [0.15, 0.2) is 11.4 Å². The van der Waals surface area contributed by atoms with E-state index in [2.05, 4.69) is 10.1 Å². The molecule has 122 valence electrons. The van der Waals surface area contributed by atoms with Crippen molar-refractivity contribution < 1.29 is 14.6 Å². The summed E-state index contributed by atoms with van der Waals surface area (Å²) in [7, 11) is 0. The van der Waals surface area contributed by atoms with Crippen molar-refractivity contribution >= 4 is 5.97 Å². The number of carbonyl (C=O) groups is 1. The van der Waals surface area contributed by atoms with Crippen LogP contribution in [0.3, 0.4) is 0 Å². The molecule has 0 unspecified atom stereocenters. The Morgan fingerprint density at radius 1 is 1.25 bits per heavy atom. The Hall–Kier alpha value is -3.15. The van der Waals surface area contributed by atoms with Crippen LogP contribution >= 0.6 is 0 Å². The number of aromatic hydroxyl groups is 1. The van der Waals surface area contributed by atoms with Crippen LogP contribution in [0.1, 0.15) is 23.0 Å². The maximum Gasteiger partial charge on any atom is 0.360 e. The van der Waals surface area contributed by atoms with E-state index in [4.69, 9.17) is 4.74 Å². The lowest BCUT2D eigenvalue weighted by Gasteiger charge is -2.09. The van der Waals surface area contributed by atoms with Crippen LogP contribution in [0.4, 0.5) is 0 Å². The highest BCUT2D eigenvalue weighted by Gasteiger charge is 2.19. The fraction of sp³-hybridized carbons (Fsp3) is 0.167. The predicted octanol–water partition coefficient (Wildman–Crippen LogP) is 3.13. The van der Waals surface area contributed by atoms with Crippen LogP contribution in [0.5, 0.6) is 5.75 Å². The molecular weight excluding hydrogens is 306 g/mol. The van der Waals surface area contributed by atoms with Crippen molar-refractivity contribution in [2.45, 2.75) is 13.8 Å². The first-order chi connectivity index (χ1) is 11.6. The maximum atomic E-state index is 11.8. The number of hydrogen-bond donors (Lipinski definition) is 1. The number of aromatic nitrogens is 3. The quantitative estimate of drug-likeness (QED) is 0.746. The Kier molecular flexibility index (Phi) is 4.29. The number of pyridine rings is 1. The Morgan fingerprint density at radius 3 is 2.71 bits per heavy atom. The molecule has 0 saturated heterocycles. The molecule has 24 heavy (non-hydrogen) atoms. The Labute approximate surface area is 139 Å². The molecule has 2 heterocycles. The SMILES string of the molecule is CCOC(=O)c1ncc(-c2cnn(-c3ccccc3)c2)c(C)c1O. The van der Waals surface area contributed by atoms with Gasteiger partial charge in [-0.05, 0) is 26.0 Å². The number of rotatable bonds is 4. The number of hydrogen-bond acceptors (Lipinski definition) is 5. The van der Waals surface area contributed by atoms with Gasteiger partial charge in [-0.3, -0.25) is 0 Å². The maximum absolute atomic E-state index is 11.8. The molecule has 3 rings (SSSR count). The van der Waals surface area contributed by atoms with Crippen molar-refractivity contribution in [1.29, 1.82) is 0 Å². The largest absolute Gasteiger partial charge is 0.505 e. The zero-order valence-electron chi connectivity index (χ0n) is 13.4. The van der Waals surface area contributed by atoms with Crippen LogP contribution in [0, 0.1) is 6.92 Å². The molecule has 0 amide bonds. The van der Waals surface area contributed by atoms with E-state index in [1.165, 1.54) is 0 Å². The third-order valence-corrected chi connectivity index (χ3v) is 3.69. The van der Waals surface area contributed by atoms with E-state index in [0.29, 0.717) is 11.1 Å². The van der Waals surface area contributed by atoms with Gasteiger partial charge < -0.3 is 9.84 Å². The number of nitrogens with zero attached hydrogens (tertiary/aromatic N) is 3. The molecule has 0 aliphatic carbocycles. The molecule has 0 aliphatic rings. The highest BCUT2D eigenvalue weighted by Crippen LogP contribution is 2.31. The summed E-state index contributed by atoms with van der Waals surface area (Å²) in [4.78, 5) is 15.8. The molecule has 0 saturated carbocycles. The fourth-order valence-corrected chi connectivity index (χ4v) is 2.42. The second kappa shape index (κ2) is 6.54. The second-order valence-corrected chi connectivity index (χ2v) is 5.22. The molecule has 0 aliphatic heterocycles. The minimum absolute atomic E-state index is 0.0754. The molecule has 6 heteroatoms. The monoisotopic (exact) mass is 323 g/mol. The Morgan fingerprint density at radius 2 is 2.00 bits per heavy atom. The summed E-state index contributed by atoms with van der Waals surface area (Å²) in [5.74, 6) is -0.803. The normalized spacial score (nSPS) is 10.6. The van der Waals surface area contributed by atoms with Gasteiger partial charge in [-0.15, -0.1) is 0 Å². The van der Waals surface area contributed by atoms with Crippen LogP contribution in [0.15, 0.2) is 48.9 Å². The topological polar surface area (TPSA) is 77.2 Å². The molecule has 0 radical (unpaired) electrons. The van der Waals surface area contributed by atoms with Gasteiger partial charge in [0.05, 0.1) is 18.5 Å². The van der Waals surface area contributed by atoms with Crippen molar-refractivity contribution in [3.05, 3.63) is 60.2 Å². The van der Waals surface area contributed by atoms with Crippen molar-refractivity contribution in [1.82, 2.24) is 14.8 Å². The smallest absolute Gasteiger partial charge is 0.360 e. The molecule has 0 spiro atoms. The van der Waals surface area contributed by atoms with Crippen molar-refractivity contribution in [2.75, 3.05) is 6.61 Å². The van der Waals surface area contributed by atoms with Gasteiger partial charge in [-0.1, -0.05) is 18.2 Å². The number of carbonyl (C=O) groups excluding carboxylic acids is 1. The highest BCUT2D eigenvalue weighted by molar-refractivity contribution is 5.91. The molecule has 0 bridgehead atoms. The molecule has 0 atom stereocenters. The summed E-state index contributed by atoms with van der Waals surface area (Å²) in [6.45, 7) is 3.66. The lowest BCUT2D eigenvalue weighted by molar-refractivity contribution is 0.0515. The lowest BCUT2D eigenvalue weighted by atomic mass is 10.0. The average molecular weight is 323 g/mol. The van der Waals surface area contributed by atoms with Gasteiger partial charge in [0.25, 0.3) is 0 Å². The molecule has 1 N–H and O–H groups in total. The third-order valence-electron chi connectivity index (χ3n) is 3.69. The van der Waals surface area contributed by atoms with E-state index < -0.39 is 5.97 Å². The first-order valence-electron chi connectivity index (χ1n) is 7.58. The number of ether oxygens (including phenoxy) is 1. The molecule has 0 fully saturated rings. The third kappa shape index (κ3) is 2.86. The standard InChI is InChI=1S/C18H17N3O3/c1-3-24-18(23)16-17(22)12(2)15(10-19-16)13-9-20-21(11-13)14-7-5-4-6-8-14/h4-11,22H,3H2,1-2H3. The van der Waals surface area contributed by atoms with E-state index in [0.717, 1.165) is 11.3 Å². The summed E-state index contributed by atoms with van der Waals surface area (Å²) >= 11 is 0. The van der Waals surface area contributed by atoms with Gasteiger partial charge >= 0.3 is 5.97 Å². The van der Waals surface area contributed by atoms with Crippen LogP contribution < -0.4 is 0 Å². The molecule has 6 nitrogen and oxygen atoms in total. The van der Waals surface area contributed by atoms with Crippen LogP contribution in [-0.2, 0) is 4.74 Å². The molecule has 1 aromatic carbocycles. The summed E-state index contributed by atoms with van der Waals surface area (Å²) in [6, 6.07) is 9.70. The lowest BCUT2D eigenvalue weighted by Crippen LogP contribution is -2.08. The zero-order valence-corrected chi connectivity index (χ0v) is 13.4. The van der Waals surface area contributed by atoms with E-state index in [1.54, 1.807) is 30.9 Å². The van der Waals surface area contributed by atoms with Gasteiger partial charge in [0.1, 0.15) is 0 Å². The van der Waals surface area contributed by atoms with E-state index >= 15 is 0 Å². The Bertz CT molecular complexity index is 872. The van der Waals surface area contributed by atoms with Gasteiger partial charge in [0.2, 0.25) is 0 Å². The molecule has 3 aromatic rings. The van der Waals surface area contributed by atoms with Crippen LogP contribution in [0.25, 0.3) is 16.8 Å². The van der Waals surface area contributed by atoms with E-state index in [-0.39, 0.29) is 18.1 Å². The molecular formula is C18H17N3O3. The number of benzene rings is 1. The summed E-state index contributed by atoms with van der Waals surface area (Å²) in [6.07, 6.45) is 5.09. The van der Waals surface area contributed by atoms with Gasteiger partial charge in [-0.25, -0.2) is 14.5 Å². The predicted molar refractivity (Wildman–Crippen MR) is 89.2 cm³/mol. The first kappa shape index (κ1) is 15.7. The second-order valence-electron chi connectivity index (χ2n) is 5.22. The van der Waals surface area contributed by atoms with Gasteiger partial charge in [-0.2, -0.15) is 5.10 Å². The van der Waals surface area contributed by atoms with Crippen LogP contribution in [-0.4, -0.2) is 32.4 Å². The van der Waals surface area contributed by atoms with Crippen molar-refractivity contribution in [3.8, 4) is 22.6 Å². The fourth-order valence-electron chi connectivity index (χ4n) is 2.42. The number of esters is 1. The summed E-state index contributed by atoms with van der Waals surface area (Å²) in [5, 5.41) is 14.6. The van der Waals surface area contributed by atoms with Crippen molar-refractivity contribution in [2.24, 2.45) is 0 Å². The van der Waals surface area contributed by atoms with E-state index in [1.807, 2.05) is 36.5 Å². The number of para-hydroxylation sites is 1. The van der Waals surface area contributed by atoms with Crippen LogP contribution in [0.2, 0.25) is 0 Å². The average Bonchev–Trinajstić information content (AvgIpc) is 3.08. The minimum Gasteiger partial charge on any atom is -0.505 e. The minimum atomic E-state index is -0.635.